The Kier molecular flexibility index (Phi) is 5.66. The van der Waals surface area contributed by atoms with Gasteiger partial charge in [0.15, 0.2) is 5.69 Å². The second-order valence-corrected chi connectivity index (χ2v) is 7.15. The first-order valence-corrected chi connectivity index (χ1v) is 9.56. The summed E-state index contributed by atoms with van der Waals surface area (Å²) in [6, 6.07) is 8.53. The number of fused-ring (bicyclic) bond motifs is 1. The Morgan fingerprint density at radius 2 is 1.81 bits per heavy atom. The summed E-state index contributed by atoms with van der Waals surface area (Å²) in [6.45, 7) is 4.15. The molecule has 0 aliphatic rings. The number of aromatic nitrogens is 2. The molecular formula is C19H20N4O3S. The van der Waals surface area contributed by atoms with Gasteiger partial charge in [-0.15, -0.1) is 11.3 Å². The molecule has 3 N–H and O–H groups in total. The van der Waals surface area contributed by atoms with Crippen LogP contribution in [0, 0.1) is 0 Å². The maximum Gasteiger partial charge on any atom is 0.290 e. The van der Waals surface area contributed by atoms with Crippen LogP contribution >= 0.6 is 11.3 Å². The van der Waals surface area contributed by atoms with Crippen molar-refractivity contribution in [1.82, 2.24) is 21.0 Å². The van der Waals surface area contributed by atoms with Crippen molar-refractivity contribution in [1.29, 1.82) is 0 Å². The van der Waals surface area contributed by atoms with Crippen LogP contribution in [0.4, 0.5) is 0 Å². The number of aromatic amines is 1. The first kappa shape index (κ1) is 18.8. The lowest BCUT2D eigenvalue weighted by Gasteiger charge is -2.07. The fraction of sp³-hybridized carbons (Fsp3) is 0.263. The molecule has 3 rings (SSSR count). The van der Waals surface area contributed by atoms with E-state index in [4.69, 9.17) is 0 Å². The first-order valence-electron chi connectivity index (χ1n) is 8.74. The number of hydrogen-bond acceptors (Lipinski definition) is 5. The third-order valence-corrected chi connectivity index (χ3v) is 5.41. The van der Waals surface area contributed by atoms with Gasteiger partial charge in [0, 0.05) is 10.3 Å². The molecule has 140 valence electrons. The van der Waals surface area contributed by atoms with Crippen molar-refractivity contribution in [2.45, 2.75) is 33.1 Å². The number of nitrogens with one attached hydrogen (secondary N) is 3. The predicted molar refractivity (Wildman–Crippen MR) is 105 cm³/mol. The molecule has 0 fully saturated rings. The topological polar surface area (TPSA) is 104 Å². The molecule has 0 spiro atoms. The summed E-state index contributed by atoms with van der Waals surface area (Å²) in [7, 11) is 0. The Bertz CT molecular complexity index is 1050. The highest BCUT2D eigenvalue weighted by Gasteiger charge is 2.17. The maximum absolute atomic E-state index is 12.4. The van der Waals surface area contributed by atoms with Gasteiger partial charge >= 0.3 is 0 Å². The number of rotatable bonds is 5. The number of hydrogen-bond donors (Lipinski definition) is 3. The van der Waals surface area contributed by atoms with E-state index in [2.05, 4.69) is 34.9 Å². The minimum atomic E-state index is -0.600. The van der Waals surface area contributed by atoms with E-state index in [0.717, 1.165) is 24.8 Å². The van der Waals surface area contributed by atoms with E-state index >= 15 is 0 Å². The van der Waals surface area contributed by atoms with Crippen molar-refractivity contribution in [2.24, 2.45) is 0 Å². The smallest absolute Gasteiger partial charge is 0.267 e. The van der Waals surface area contributed by atoms with Gasteiger partial charge in [-0.25, -0.2) is 5.10 Å². The number of amides is 2. The van der Waals surface area contributed by atoms with Gasteiger partial charge in [-0.2, -0.15) is 5.10 Å². The van der Waals surface area contributed by atoms with E-state index in [1.54, 1.807) is 24.3 Å². The van der Waals surface area contributed by atoms with Crippen molar-refractivity contribution in [3.05, 3.63) is 61.7 Å². The van der Waals surface area contributed by atoms with Gasteiger partial charge in [0.25, 0.3) is 17.4 Å². The van der Waals surface area contributed by atoms with E-state index in [9.17, 15) is 14.4 Å². The highest BCUT2D eigenvalue weighted by atomic mass is 32.1. The Morgan fingerprint density at radius 3 is 2.52 bits per heavy atom. The molecule has 7 nitrogen and oxygen atoms in total. The zero-order valence-electron chi connectivity index (χ0n) is 15.1. The summed E-state index contributed by atoms with van der Waals surface area (Å²) in [5.74, 6) is -0.976. The molecule has 2 aromatic heterocycles. The highest BCUT2D eigenvalue weighted by molar-refractivity contribution is 7.14. The fourth-order valence-electron chi connectivity index (χ4n) is 2.84. The number of H-pyrrole nitrogens is 1. The first-order chi connectivity index (χ1) is 13.0. The standard InChI is InChI=1S/C19H20N4O3S/c1-3-7-14-11(4-2)10-15(27-14)18(25)22-23-19(26)16-12-8-5-6-9-13(12)17(24)21-20-16/h5-6,8-10H,3-4,7H2,1-2H3,(H,21,24)(H,22,25)(H,23,26). The van der Waals surface area contributed by atoms with Crippen molar-refractivity contribution >= 4 is 33.9 Å². The minimum absolute atomic E-state index is 0.0394. The number of aryl methyl sites for hydroxylation is 2. The van der Waals surface area contributed by atoms with Gasteiger partial charge in [0.2, 0.25) is 0 Å². The van der Waals surface area contributed by atoms with E-state index in [-0.39, 0.29) is 17.2 Å². The fourth-order valence-corrected chi connectivity index (χ4v) is 4.09. The molecule has 3 aromatic rings. The van der Waals surface area contributed by atoms with Crippen LogP contribution in [-0.4, -0.2) is 22.0 Å². The third-order valence-electron chi connectivity index (χ3n) is 4.18. The summed E-state index contributed by atoms with van der Waals surface area (Å²) in [5.41, 5.74) is 5.62. The van der Waals surface area contributed by atoms with E-state index in [1.807, 2.05) is 6.07 Å². The molecule has 0 saturated carbocycles. The Hall–Kier alpha value is -3.00. The largest absolute Gasteiger partial charge is 0.290 e. The number of nitrogens with zero attached hydrogens (tertiary/aromatic N) is 1. The van der Waals surface area contributed by atoms with Crippen LogP contribution in [0.5, 0.6) is 0 Å². The molecule has 0 aliphatic carbocycles. The SMILES string of the molecule is CCCc1sc(C(=O)NNC(=O)c2n[nH]c(=O)c3ccccc23)cc1CC. The number of benzene rings is 1. The van der Waals surface area contributed by atoms with Crippen LogP contribution < -0.4 is 16.4 Å². The summed E-state index contributed by atoms with van der Waals surface area (Å²) >= 11 is 1.44. The van der Waals surface area contributed by atoms with Gasteiger partial charge in [0.05, 0.1) is 10.3 Å². The Balaban J connectivity index is 1.76. The third kappa shape index (κ3) is 3.90. The Morgan fingerprint density at radius 1 is 1.11 bits per heavy atom. The Labute approximate surface area is 159 Å². The average molecular weight is 384 g/mol. The lowest BCUT2D eigenvalue weighted by atomic mass is 10.1. The van der Waals surface area contributed by atoms with E-state index in [0.29, 0.717) is 15.6 Å². The second kappa shape index (κ2) is 8.13. The summed E-state index contributed by atoms with van der Waals surface area (Å²) in [6.07, 6.45) is 2.80. The number of carbonyl (C=O) groups excluding carboxylic acids is 2. The lowest BCUT2D eigenvalue weighted by molar-refractivity contribution is 0.0846. The number of thiophene rings is 1. The molecular weight excluding hydrogens is 364 g/mol. The molecule has 27 heavy (non-hydrogen) atoms. The molecule has 0 saturated heterocycles. The summed E-state index contributed by atoms with van der Waals surface area (Å²) in [4.78, 5) is 38.4. The van der Waals surface area contributed by atoms with Crippen molar-refractivity contribution in [3.63, 3.8) is 0 Å². The monoisotopic (exact) mass is 384 g/mol. The van der Waals surface area contributed by atoms with Gasteiger partial charge in [0.1, 0.15) is 0 Å². The quantitative estimate of drug-likeness (QED) is 0.588. The molecule has 0 bridgehead atoms. The zero-order chi connectivity index (χ0) is 19.4. The number of carbonyl (C=O) groups is 2. The molecule has 0 aliphatic heterocycles. The van der Waals surface area contributed by atoms with Crippen LogP contribution in [0.1, 0.15) is 50.9 Å². The second-order valence-electron chi connectivity index (χ2n) is 6.02. The summed E-state index contributed by atoms with van der Waals surface area (Å²) in [5, 5.41) is 6.89. The molecule has 0 atom stereocenters. The molecule has 2 amide bonds. The molecule has 0 unspecified atom stereocenters. The van der Waals surface area contributed by atoms with Crippen LogP contribution in [0.25, 0.3) is 10.8 Å². The van der Waals surface area contributed by atoms with Gasteiger partial charge in [-0.05, 0) is 30.5 Å². The van der Waals surface area contributed by atoms with Crippen molar-refractivity contribution in [3.8, 4) is 0 Å². The van der Waals surface area contributed by atoms with E-state index < -0.39 is 5.91 Å². The lowest BCUT2D eigenvalue weighted by Crippen LogP contribution is -2.42. The van der Waals surface area contributed by atoms with Crippen LogP contribution in [0.2, 0.25) is 0 Å². The maximum atomic E-state index is 12.4. The summed E-state index contributed by atoms with van der Waals surface area (Å²) < 4.78 is 0. The molecule has 2 heterocycles. The average Bonchev–Trinajstić information content (AvgIpc) is 3.10. The van der Waals surface area contributed by atoms with Gasteiger partial charge in [-0.1, -0.05) is 38.5 Å². The highest BCUT2D eigenvalue weighted by Crippen LogP contribution is 2.24. The molecule has 1 aromatic carbocycles. The van der Waals surface area contributed by atoms with Crippen molar-refractivity contribution in [2.75, 3.05) is 0 Å². The molecule has 0 radical (unpaired) electrons. The van der Waals surface area contributed by atoms with Crippen LogP contribution in [0.15, 0.2) is 35.1 Å². The van der Waals surface area contributed by atoms with Gasteiger partial charge < -0.3 is 0 Å². The van der Waals surface area contributed by atoms with Crippen molar-refractivity contribution < 1.29 is 9.59 Å². The minimum Gasteiger partial charge on any atom is -0.267 e. The van der Waals surface area contributed by atoms with Crippen LogP contribution in [-0.2, 0) is 12.8 Å². The predicted octanol–water partition coefficient (Wildman–Crippen LogP) is 2.57. The van der Waals surface area contributed by atoms with Gasteiger partial charge in [-0.3, -0.25) is 25.2 Å². The zero-order valence-corrected chi connectivity index (χ0v) is 15.9. The number of hydrazine groups is 1. The normalized spacial score (nSPS) is 10.7. The van der Waals surface area contributed by atoms with Crippen LogP contribution in [0.3, 0.4) is 0 Å². The van der Waals surface area contributed by atoms with E-state index in [1.165, 1.54) is 16.2 Å². The molecule has 8 heteroatoms.